The van der Waals surface area contributed by atoms with Gasteiger partial charge in [-0.3, -0.25) is 9.89 Å². The lowest BCUT2D eigenvalue weighted by molar-refractivity contribution is -0.116. The molecule has 2 aromatic heterocycles. The SMILES string of the molecule is Cc1cc(Nc2nc(Sc3ccc(NC(=O)CN(C)C)cc3)nc3ccccc23)[nH]n1. The van der Waals surface area contributed by atoms with Gasteiger partial charge in [-0.2, -0.15) is 5.10 Å². The number of H-pyrrole nitrogens is 1. The van der Waals surface area contributed by atoms with Crippen LogP contribution in [0.5, 0.6) is 0 Å². The highest BCUT2D eigenvalue weighted by Gasteiger charge is 2.11. The van der Waals surface area contributed by atoms with E-state index in [1.54, 1.807) is 0 Å². The Morgan fingerprint density at radius 2 is 1.87 bits per heavy atom. The van der Waals surface area contributed by atoms with Crippen molar-refractivity contribution in [1.29, 1.82) is 0 Å². The van der Waals surface area contributed by atoms with Crippen LogP contribution in [-0.2, 0) is 4.79 Å². The summed E-state index contributed by atoms with van der Waals surface area (Å²) < 4.78 is 0. The fraction of sp³-hybridized carbons (Fsp3) is 0.182. The molecule has 8 nitrogen and oxygen atoms in total. The molecule has 0 radical (unpaired) electrons. The highest BCUT2D eigenvalue weighted by atomic mass is 32.2. The Morgan fingerprint density at radius 3 is 2.58 bits per heavy atom. The molecule has 0 saturated carbocycles. The quantitative estimate of drug-likeness (QED) is 0.378. The van der Waals surface area contributed by atoms with Gasteiger partial charge >= 0.3 is 0 Å². The van der Waals surface area contributed by atoms with E-state index in [2.05, 4.69) is 20.8 Å². The summed E-state index contributed by atoms with van der Waals surface area (Å²) in [6, 6.07) is 17.4. The van der Waals surface area contributed by atoms with Crippen LogP contribution < -0.4 is 10.6 Å². The molecule has 0 aliphatic carbocycles. The second kappa shape index (κ2) is 9.15. The van der Waals surface area contributed by atoms with Crippen LogP contribution in [0.4, 0.5) is 17.3 Å². The van der Waals surface area contributed by atoms with E-state index in [0.717, 1.165) is 33.0 Å². The average Bonchev–Trinajstić information content (AvgIpc) is 3.13. The van der Waals surface area contributed by atoms with Crippen LogP contribution in [0.1, 0.15) is 5.69 Å². The number of aromatic amines is 1. The van der Waals surface area contributed by atoms with Crippen molar-refractivity contribution in [3.63, 3.8) is 0 Å². The number of benzene rings is 2. The lowest BCUT2D eigenvalue weighted by atomic mass is 10.2. The molecule has 4 aromatic rings. The van der Waals surface area contributed by atoms with Gasteiger partial charge in [-0.1, -0.05) is 12.1 Å². The maximum Gasteiger partial charge on any atom is 0.238 e. The molecule has 1 amide bonds. The van der Waals surface area contributed by atoms with Crippen LogP contribution in [0.25, 0.3) is 10.9 Å². The third kappa shape index (κ3) is 5.39. The number of carbonyl (C=O) groups excluding carboxylic acids is 1. The van der Waals surface area contributed by atoms with Crippen LogP contribution in [0, 0.1) is 6.92 Å². The van der Waals surface area contributed by atoms with E-state index in [4.69, 9.17) is 9.97 Å². The Labute approximate surface area is 184 Å². The Kier molecular flexibility index (Phi) is 6.15. The third-order valence-corrected chi connectivity index (χ3v) is 5.22. The average molecular weight is 434 g/mol. The molecule has 0 atom stereocenters. The summed E-state index contributed by atoms with van der Waals surface area (Å²) in [5, 5.41) is 14.9. The monoisotopic (exact) mass is 433 g/mol. The first-order valence-corrected chi connectivity index (χ1v) is 10.6. The summed E-state index contributed by atoms with van der Waals surface area (Å²) >= 11 is 1.46. The number of para-hydroxylation sites is 1. The third-order valence-electron chi connectivity index (χ3n) is 4.35. The van der Waals surface area contributed by atoms with Gasteiger partial charge in [0.15, 0.2) is 5.16 Å². The van der Waals surface area contributed by atoms with Crippen LogP contribution in [0.3, 0.4) is 0 Å². The first-order chi connectivity index (χ1) is 15.0. The summed E-state index contributed by atoms with van der Waals surface area (Å²) in [7, 11) is 3.72. The minimum Gasteiger partial charge on any atom is -0.325 e. The minimum atomic E-state index is -0.0481. The highest BCUT2D eigenvalue weighted by Crippen LogP contribution is 2.31. The predicted octanol–water partition coefficient (Wildman–Crippen LogP) is 4.06. The highest BCUT2D eigenvalue weighted by molar-refractivity contribution is 7.99. The van der Waals surface area contributed by atoms with Gasteiger partial charge in [-0.05, 0) is 69.2 Å². The number of nitrogens with one attached hydrogen (secondary N) is 3. The van der Waals surface area contributed by atoms with Crippen LogP contribution in [0.15, 0.2) is 64.6 Å². The molecule has 0 saturated heterocycles. The van der Waals surface area contributed by atoms with E-state index in [9.17, 15) is 4.79 Å². The number of aromatic nitrogens is 4. The number of carbonyl (C=O) groups is 1. The largest absolute Gasteiger partial charge is 0.325 e. The molecule has 0 aliphatic heterocycles. The van der Waals surface area contributed by atoms with Gasteiger partial charge < -0.3 is 15.5 Å². The zero-order valence-electron chi connectivity index (χ0n) is 17.5. The standard InChI is InChI=1S/C22H23N7OS/c1-14-12-19(28-27-14)25-21-17-6-4-5-7-18(17)24-22(26-21)31-16-10-8-15(9-11-16)23-20(30)13-29(2)3/h4-12H,13H2,1-3H3,(H,23,30)(H2,24,25,26,27,28). The molecule has 0 spiro atoms. The van der Waals surface area contributed by atoms with Crippen LogP contribution >= 0.6 is 11.8 Å². The number of hydrogen-bond donors (Lipinski definition) is 3. The smallest absolute Gasteiger partial charge is 0.238 e. The van der Waals surface area contributed by atoms with Gasteiger partial charge in [0.25, 0.3) is 0 Å². The maximum absolute atomic E-state index is 11.9. The molecule has 9 heteroatoms. The number of anilines is 3. The summed E-state index contributed by atoms with van der Waals surface area (Å²) in [4.78, 5) is 24.1. The Morgan fingerprint density at radius 1 is 1.10 bits per heavy atom. The normalized spacial score (nSPS) is 11.1. The van der Waals surface area contributed by atoms with E-state index in [1.165, 1.54) is 11.8 Å². The molecule has 2 aromatic carbocycles. The second-order valence-electron chi connectivity index (χ2n) is 7.33. The Balaban J connectivity index is 1.55. The van der Waals surface area contributed by atoms with Crippen molar-refractivity contribution >= 4 is 45.9 Å². The van der Waals surface area contributed by atoms with Crippen LogP contribution in [-0.4, -0.2) is 51.6 Å². The number of amides is 1. The molecule has 158 valence electrons. The van der Waals surface area contributed by atoms with Gasteiger partial charge in [0, 0.05) is 22.0 Å². The minimum absolute atomic E-state index is 0.0481. The van der Waals surface area contributed by atoms with Crippen molar-refractivity contribution in [2.45, 2.75) is 17.0 Å². The number of rotatable bonds is 7. The fourth-order valence-electron chi connectivity index (χ4n) is 3.01. The van der Waals surface area contributed by atoms with Gasteiger partial charge in [0.05, 0.1) is 17.8 Å². The van der Waals surface area contributed by atoms with E-state index in [1.807, 2.05) is 80.5 Å². The van der Waals surface area contributed by atoms with Crippen molar-refractivity contribution in [3.05, 3.63) is 60.3 Å². The number of hydrogen-bond acceptors (Lipinski definition) is 7. The van der Waals surface area contributed by atoms with E-state index in [0.29, 0.717) is 17.5 Å². The molecule has 0 fully saturated rings. The topological polar surface area (TPSA) is 98.8 Å². The molecule has 4 rings (SSSR count). The molecule has 3 N–H and O–H groups in total. The molecule has 0 aliphatic rings. The molecule has 0 unspecified atom stereocenters. The summed E-state index contributed by atoms with van der Waals surface area (Å²) in [6.07, 6.45) is 0. The Hall–Kier alpha value is -3.43. The van der Waals surface area contributed by atoms with Gasteiger partial charge in [-0.25, -0.2) is 9.97 Å². The number of nitrogens with zero attached hydrogens (tertiary/aromatic N) is 4. The second-order valence-corrected chi connectivity index (χ2v) is 8.37. The van der Waals surface area contributed by atoms with Crippen molar-refractivity contribution in [2.75, 3.05) is 31.3 Å². The number of fused-ring (bicyclic) bond motifs is 1. The van der Waals surface area contributed by atoms with E-state index < -0.39 is 0 Å². The first-order valence-electron chi connectivity index (χ1n) is 9.74. The molecule has 31 heavy (non-hydrogen) atoms. The van der Waals surface area contributed by atoms with Crippen molar-refractivity contribution in [2.24, 2.45) is 0 Å². The molecular weight excluding hydrogens is 410 g/mol. The van der Waals surface area contributed by atoms with Crippen molar-refractivity contribution in [1.82, 2.24) is 25.1 Å². The number of aryl methyl sites for hydroxylation is 1. The Bertz CT molecular complexity index is 1200. The summed E-state index contributed by atoms with van der Waals surface area (Å²) in [5.74, 6) is 1.44. The predicted molar refractivity (Wildman–Crippen MR) is 124 cm³/mol. The molecule has 2 heterocycles. The number of likely N-dealkylation sites (N-methyl/N-ethyl adjacent to an activating group) is 1. The van der Waals surface area contributed by atoms with E-state index >= 15 is 0 Å². The van der Waals surface area contributed by atoms with Gasteiger partial charge in [-0.15, -0.1) is 0 Å². The lowest BCUT2D eigenvalue weighted by Crippen LogP contribution is -2.26. The van der Waals surface area contributed by atoms with Crippen molar-refractivity contribution in [3.8, 4) is 0 Å². The first kappa shape index (κ1) is 20.8. The zero-order chi connectivity index (χ0) is 21.8. The molecule has 0 bridgehead atoms. The lowest BCUT2D eigenvalue weighted by Gasteiger charge is -2.11. The van der Waals surface area contributed by atoms with E-state index in [-0.39, 0.29) is 5.91 Å². The summed E-state index contributed by atoms with van der Waals surface area (Å²) in [6.45, 7) is 2.26. The van der Waals surface area contributed by atoms with Gasteiger partial charge in [0.1, 0.15) is 11.6 Å². The van der Waals surface area contributed by atoms with Crippen molar-refractivity contribution < 1.29 is 4.79 Å². The molecular formula is C22H23N7OS. The van der Waals surface area contributed by atoms with Crippen LogP contribution in [0.2, 0.25) is 0 Å². The van der Waals surface area contributed by atoms with Gasteiger partial charge in [0.2, 0.25) is 5.91 Å². The fourth-order valence-corrected chi connectivity index (χ4v) is 3.77. The summed E-state index contributed by atoms with van der Waals surface area (Å²) in [5.41, 5.74) is 2.51. The zero-order valence-corrected chi connectivity index (χ0v) is 18.3. The maximum atomic E-state index is 11.9.